The van der Waals surface area contributed by atoms with Crippen molar-refractivity contribution in [2.45, 2.75) is 26.4 Å². The van der Waals surface area contributed by atoms with Crippen LogP contribution in [-0.2, 0) is 9.47 Å². The molecular formula is C11H14BrN3O4. The molecule has 8 heteroatoms. The molecule has 0 aliphatic heterocycles. The van der Waals surface area contributed by atoms with Crippen LogP contribution in [0.15, 0.2) is 10.8 Å². The highest BCUT2D eigenvalue weighted by Crippen LogP contribution is 2.23. The molecule has 0 fully saturated rings. The standard InChI is InChI=1S/C11H14BrN3O4/c1-11(2,3)19-10(17)15-8-6(12)7(9(16)18-4)13-5-14-8/h5H,1-4H3,(H,13,14,15,17). The summed E-state index contributed by atoms with van der Waals surface area (Å²) in [5, 5.41) is 2.42. The van der Waals surface area contributed by atoms with Crippen LogP contribution < -0.4 is 5.32 Å². The van der Waals surface area contributed by atoms with E-state index in [1.165, 1.54) is 7.11 Å². The van der Waals surface area contributed by atoms with Crippen LogP contribution in [-0.4, -0.2) is 34.7 Å². The molecule has 1 heterocycles. The summed E-state index contributed by atoms with van der Waals surface area (Å²) in [6.45, 7) is 5.21. The Labute approximate surface area is 118 Å². The lowest BCUT2D eigenvalue weighted by Gasteiger charge is -2.19. The number of nitrogens with one attached hydrogen (secondary N) is 1. The van der Waals surface area contributed by atoms with E-state index >= 15 is 0 Å². The number of rotatable bonds is 2. The number of hydrogen-bond donors (Lipinski definition) is 1. The lowest BCUT2D eigenvalue weighted by Crippen LogP contribution is -2.27. The summed E-state index contributed by atoms with van der Waals surface area (Å²) in [6.07, 6.45) is 0.465. The zero-order valence-electron chi connectivity index (χ0n) is 11.0. The molecule has 7 nitrogen and oxygen atoms in total. The summed E-state index contributed by atoms with van der Waals surface area (Å²) in [7, 11) is 1.23. The summed E-state index contributed by atoms with van der Waals surface area (Å²) in [4.78, 5) is 30.6. The average molecular weight is 332 g/mol. The first kappa shape index (κ1) is 15.4. The van der Waals surface area contributed by atoms with Crippen LogP contribution >= 0.6 is 15.9 Å². The molecule has 19 heavy (non-hydrogen) atoms. The summed E-state index contributed by atoms with van der Waals surface area (Å²) in [6, 6.07) is 0. The number of ether oxygens (including phenoxy) is 2. The third-order valence-electron chi connectivity index (χ3n) is 1.79. The lowest BCUT2D eigenvalue weighted by molar-refractivity contribution is 0.0588. The Hall–Kier alpha value is -1.70. The summed E-state index contributed by atoms with van der Waals surface area (Å²) >= 11 is 3.13. The number of aromatic nitrogens is 2. The zero-order chi connectivity index (χ0) is 14.6. The first-order valence-electron chi connectivity index (χ1n) is 5.33. The topological polar surface area (TPSA) is 90.4 Å². The fourth-order valence-electron chi connectivity index (χ4n) is 1.10. The molecule has 0 radical (unpaired) electrons. The van der Waals surface area contributed by atoms with E-state index in [1.807, 2.05) is 0 Å². The van der Waals surface area contributed by atoms with Crippen molar-refractivity contribution in [1.29, 1.82) is 0 Å². The van der Waals surface area contributed by atoms with Gasteiger partial charge in [-0.25, -0.2) is 19.6 Å². The molecule has 0 spiro atoms. The molecule has 104 valence electrons. The van der Waals surface area contributed by atoms with Gasteiger partial charge in [0.2, 0.25) is 0 Å². The third kappa shape index (κ3) is 4.47. The summed E-state index contributed by atoms with van der Waals surface area (Å²) in [5.41, 5.74) is -0.613. The highest BCUT2D eigenvalue weighted by molar-refractivity contribution is 9.10. The van der Waals surface area contributed by atoms with Gasteiger partial charge < -0.3 is 9.47 Å². The van der Waals surface area contributed by atoms with Gasteiger partial charge in [-0.15, -0.1) is 0 Å². The van der Waals surface area contributed by atoms with Crippen molar-refractivity contribution in [3.63, 3.8) is 0 Å². The van der Waals surface area contributed by atoms with Gasteiger partial charge in [0.1, 0.15) is 11.9 Å². The maximum absolute atomic E-state index is 11.6. The Morgan fingerprint density at radius 2 is 1.95 bits per heavy atom. The molecule has 0 aliphatic carbocycles. The number of anilines is 1. The van der Waals surface area contributed by atoms with E-state index in [4.69, 9.17) is 4.74 Å². The predicted octanol–water partition coefficient (Wildman–Crippen LogP) is 2.37. The van der Waals surface area contributed by atoms with Crippen LogP contribution in [0.25, 0.3) is 0 Å². The van der Waals surface area contributed by atoms with Gasteiger partial charge in [-0.05, 0) is 36.7 Å². The van der Waals surface area contributed by atoms with Gasteiger partial charge in [0.25, 0.3) is 0 Å². The molecule has 1 amide bonds. The van der Waals surface area contributed by atoms with Gasteiger partial charge in [-0.2, -0.15) is 0 Å². The first-order chi connectivity index (χ1) is 8.74. The minimum Gasteiger partial charge on any atom is -0.464 e. The number of nitrogens with zero attached hydrogens (tertiary/aromatic N) is 2. The van der Waals surface area contributed by atoms with Crippen LogP contribution in [0.3, 0.4) is 0 Å². The van der Waals surface area contributed by atoms with Gasteiger partial charge in [0.05, 0.1) is 11.6 Å². The lowest BCUT2D eigenvalue weighted by atomic mass is 10.2. The second kappa shape index (κ2) is 5.96. The van der Waals surface area contributed by atoms with Gasteiger partial charge in [-0.3, -0.25) is 5.32 Å². The van der Waals surface area contributed by atoms with Crippen molar-refractivity contribution >= 4 is 33.8 Å². The van der Waals surface area contributed by atoms with E-state index in [2.05, 4.69) is 36.0 Å². The van der Waals surface area contributed by atoms with E-state index in [0.717, 1.165) is 6.33 Å². The monoisotopic (exact) mass is 331 g/mol. The van der Waals surface area contributed by atoms with Crippen molar-refractivity contribution in [2.24, 2.45) is 0 Å². The molecular weight excluding hydrogens is 318 g/mol. The molecule has 0 bridgehead atoms. The third-order valence-corrected chi connectivity index (χ3v) is 2.54. The number of esters is 1. The Balaban J connectivity index is 2.91. The smallest absolute Gasteiger partial charge is 0.413 e. The Kier molecular flexibility index (Phi) is 4.82. The van der Waals surface area contributed by atoms with Crippen LogP contribution in [0.5, 0.6) is 0 Å². The van der Waals surface area contributed by atoms with Crippen molar-refractivity contribution in [2.75, 3.05) is 12.4 Å². The van der Waals surface area contributed by atoms with Crippen LogP contribution in [0, 0.1) is 0 Å². The largest absolute Gasteiger partial charge is 0.464 e. The number of halogens is 1. The zero-order valence-corrected chi connectivity index (χ0v) is 12.6. The minimum atomic E-state index is -0.678. The second-order valence-corrected chi connectivity index (χ2v) is 5.30. The number of carbonyl (C=O) groups excluding carboxylic acids is 2. The fourth-order valence-corrected chi connectivity index (χ4v) is 1.56. The molecule has 1 rings (SSSR count). The maximum Gasteiger partial charge on any atom is 0.413 e. The first-order valence-corrected chi connectivity index (χ1v) is 6.12. The molecule has 0 aliphatic rings. The molecule has 1 aromatic heterocycles. The molecule has 0 atom stereocenters. The number of carbonyl (C=O) groups is 2. The number of methoxy groups -OCH3 is 1. The molecule has 1 aromatic rings. The summed E-state index contributed by atoms with van der Waals surface area (Å²) in [5.74, 6) is -0.508. The molecule has 0 aromatic carbocycles. The van der Waals surface area contributed by atoms with Gasteiger partial charge in [-0.1, -0.05) is 0 Å². The summed E-state index contributed by atoms with van der Waals surface area (Å²) < 4.78 is 9.86. The fraction of sp³-hybridized carbons (Fsp3) is 0.455. The van der Waals surface area contributed by atoms with Crippen molar-refractivity contribution < 1.29 is 19.1 Å². The quantitative estimate of drug-likeness (QED) is 0.836. The van der Waals surface area contributed by atoms with E-state index in [9.17, 15) is 9.59 Å². The highest BCUT2D eigenvalue weighted by atomic mass is 79.9. The van der Waals surface area contributed by atoms with Crippen molar-refractivity contribution in [3.8, 4) is 0 Å². The number of amides is 1. The highest BCUT2D eigenvalue weighted by Gasteiger charge is 2.20. The van der Waals surface area contributed by atoms with E-state index in [-0.39, 0.29) is 16.0 Å². The van der Waals surface area contributed by atoms with E-state index in [1.54, 1.807) is 20.8 Å². The van der Waals surface area contributed by atoms with Crippen LogP contribution in [0.2, 0.25) is 0 Å². The minimum absolute atomic E-state index is 0.0172. The van der Waals surface area contributed by atoms with Gasteiger partial charge in [0, 0.05) is 0 Å². The SMILES string of the molecule is COC(=O)c1ncnc(NC(=O)OC(C)(C)C)c1Br. The van der Waals surface area contributed by atoms with Gasteiger partial charge in [0.15, 0.2) is 11.5 Å². The average Bonchev–Trinajstić information content (AvgIpc) is 2.28. The maximum atomic E-state index is 11.6. The predicted molar refractivity (Wildman–Crippen MR) is 70.9 cm³/mol. The number of hydrogen-bond acceptors (Lipinski definition) is 6. The Morgan fingerprint density at radius 3 is 2.47 bits per heavy atom. The van der Waals surface area contributed by atoms with Crippen molar-refractivity contribution in [3.05, 3.63) is 16.5 Å². The van der Waals surface area contributed by atoms with E-state index in [0.29, 0.717) is 0 Å². The molecule has 0 unspecified atom stereocenters. The van der Waals surface area contributed by atoms with Crippen molar-refractivity contribution in [1.82, 2.24) is 9.97 Å². The van der Waals surface area contributed by atoms with Crippen LogP contribution in [0.1, 0.15) is 31.3 Å². The van der Waals surface area contributed by atoms with Gasteiger partial charge >= 0.3 is 12.1 Å². The molecule has 1 N–H and O–H groups in total. The Morgan fingerprint density at radius 1 is 1.32 bits per heavy atom. The van der Waals surface area contributed by atoms with Crippen LogP contribution in [0.4, 0.5) is 10.6 Å². The second-order valence-electron chi connectivity index (χ2n) is 4.50. The Bertz CT molecular complexity index is 499. The normalized spacial score (nSPS) is 10.8. The molecule has 0 saturated heterocycles. The van der Waals surface area contributed by atoms with E-state index < -0.39 is 17.7 Å². The molecule has 0 saturated carbocycles.